The molecule has 2 aromatic rings. The summed E-state index contributed by atoms with van der Waals surface area (Å²) >= 11 is 3.11. The highest BCUT2D eigenvalue weighted by molar-refractivity contribution is 9.10. The summed E-state index contributed by atoms with van der Waals surface area (Å²) in [4.78, 5) is 1.97. The molecule has 0 radical (unpaired) electrons. The summed E-state index contributed by atoms with van der Waals surface area (Å²) in [5, 5.41) is 0. The van der Waals surface area contributed by atoms with Crippen LogP contribution in [0.15, 0.2) is 40.9 Å². The fraction of sp³-hybridized carbons (Fsp3) is 0.143. The molecule has 0 aliphatic rings. The molecular weight excluding hydrogens is 311 g/mol. The van der Waals surface area contributed by atoms with Crippen LogP contribution in [0.3, 0.4) is 0 Å². The Labute approximate surface area is 119 Å². The van der Waals surface area contributed by atoms with Crippen molar-refractivity contribution in [3.8, 4) is 11.5 Å². The van der Waals surface area contributed by atoms with E-state index >= 15 is 0 Å². The molecule has 0 aliphatic heterocycles. The van der Waals surface area contributed by atoms with Crippen molar-refractivity contribution in [1.82, 2.24) is 0 Å². The van der Waals surface area contributed by atoms with E-state index in [4.69, 9.17) is 10.5 Å². The van der Waals surface area contributed by atoms with Gasteiger partial charge in [0.05, 0.1) is 10.2 Å². The second-order valence-electron chi connectivity index (χ2n) is 4.30. The van der Waals surface area contributed by atoms with E-state index in [9.17, 15) is 4.39 Å². The number of anilines is 2. The van der Waals surface area contributed by atoms with Gasteiger partial charge in [0.1, 0.15) is 11.6 Å². The Morgan fingerprint density at radius 1 is 1.21 bits per heavy atom. The lowest BCUT2D eigenvalue weighted by Gasteiger charge is -2.14. The predicted molar refractivity (Wildman–Crippen MR) is 79.4 cm³/mol. The first-order valence-electron chi connectivity index (χ1n) is 5.67. The minimum atomic E-state index is -0.410. The highest BCUT2D eigenvalue weighted by Gasteiger charge is 2.08. The number of nitrogens with zero attached hydrogens (tertiary/aromatic N) is 1. The number of hydrogen-bond donors (Lipinski definition) is 1. The molecule has 0 heterocycles. The van der Waals surface area contributed by atoms with Crippen LogP contribution in [0.5, 0.6) is 11.5 Å². The normalized spacial score (nSPS) is 10.3. The van der Waals surface area contributed by atoms with Crippen LogP contribution >= 0.6 is 15.9 Å². The number of nitrogens with two attached hydrogens (primary N) is 1. The largest absolute Gasteiger partial charge is 0.455 e. The van der Waals surface area contributed by atoms with Crippen LogP contribution in [0.25, 0.3) is 0 Å². The third kappa shape index (κ3) is 3.17. The molecule has 0 atom stereocenters. The van der Waals surface area contributed by atoms with Gasteiger partial charge in [-0.15, -0.1) is 0 Å². The molecular formula is C14H14BrFN2O. The van der Waals surface area contributed by atoms with Crippen LogP contribution in [0, 0.1) is 5.82 Å². The fourth-order valence-corrected chi connectivity index (χ4v) is 1.91. The van der Waals surface area contributed by atoms with Gasteiger partial charge in [0.2, 0.25) is 0 Å². The maximum absolute atomic E-state index is 13.3. The Morgan fingerprint density at radius 2 is 1.95 bits per heavy atom. The lowest BCUT2D eigenvalue weighted by molar-refractivity contribution is 0.482. The Kier molecular flexibility index (Phi) is 3.95. The molecule has 3 nitrogen and oxygen atoms in total. The summed E-state index contributed by atoms with van der Waals surface area (Å²) < 4.78 is 19.3. The van der Waals surface area contributed by atoms with Gasteiger partial charge in [0, 0.05) is 38.0 Å². The first-order valence-corrected chi connectivity index (χ1v) is 6.46. The zero-order valence-corrected chi connectivity index (χ0v) is 12.2. The summed E-state index contributed by atoms with van der Waals surface area (Å²) in [6.45, 7) is 0. The summed E-state index contributed by atoms with van der Waals surface area (Å²) in [6.07, 6.45) is 0. The standard InChI is InChI=1S/C14H14BrFN2O/c1-18(2)9-4-3-5-10(6-9)19-14-7-11(15)12(16)8-13(14)17/h3-8H,17H2,1-2H3. The molecule has 0 spiro atoms. The lowest BCUT2D eigenvalue weighted by Crippen LogP contribution is -2.08. The number of rotatable bonds is 3. The number of ether oxygens (including phenoxy) is 1. The quantitative estimate of drug-likeness (QED) is 0.866. The molecule has 0 fully saturated rings. The van der Waals surface area contributed by atoms with Crippen molar-refractivity contribution in [3.05, 3.63) is 46.7 Å². The van der Waals surface area contributed by atoms with Crippen molar-refractivity contribution in [2.75, 3.05) is 24.7 Å². The molecule has 0 aromatic heterocycles. The molecule has 0 amide bonds. The van der Waals surface area contributed by atoms with E-state index in [-0.39, 0.29) is 5.69 Å². The summed E-state index contributed by atoms with van der Waals surface area (Å²) in [5.41, 5.74) is 7.01. The molecule has 0 saturated heterocycles. The SMILES string of the molecule is CN(C)c1cccc(Oc2cc(Br)c(F)cc2N)c1. The minimum absolute atomic E-state index is 0.260. The highest BCUT2D eigenvalue weighted by Crippen LogP contribution is 2.33. The van der Waals surface area contributed by atoms with Crippen LogP contribution in [-0.4, -0.2) is 14.1 Å². The molecule has 0 aliphatic carbocycles. The van der Waals surface area contributed by atoms with Crippen LogP contribution < -0.4 is 15.4 Å². The van der Waals surface area contributed by atoms with Crippen molar-refractivity contribution < 1.29 is 9.13 Å². The van der Waals surface area contributed by atoms with Gasteiger partial charge in [0.25, 0.3) is 0 Å². The first-order chi connectivity index (χ1) is 8.97. The van der Waals surface area contributed by atoms with Gasteiger partial charge in [-0.1, -0.05) is 6.07 Å². The Hall–Kier alpha value is -1.75. The summed E-state index contributed by atoms with van der Waals surface area (Å²) in [6, 6.07) is 10.3. The van der Waals surface area contributed by atoms with Gasteiger partial charge in [0.15, 0.2) is 5.75 Å². The number of halogens is 2. The lowest BCUT2D eigenvalue weighted by atomic mass is 10.2. The predicted octanol–water partition coefficient (Wildman–Crippen LogP) is 4.03. The molecule has 0 saturated carbocycles. The average Bonchev–Trinajstić information content (AvgIpc) is 2.36. The molecule has 2 aromatic carbocycles. The highest BCUT2D eigenvalue weighted by atomic mass is 79.9. The maximum atomic E-state index is 13.3. The van der Waals surface area contributed by atoms with Crippen LogP contribution in [0.2, 0.25) is 0 Å². The van der Waals surface area contributed by atoms with E-state index in [2.05, 4.69) is 15.9 Å². The Bertz CT molecular complexity index is 602. The van der Waals surface area contributed by atoms with Crippen LogP contribution in [-0.2, 0) is 0 Å². The van der Waals surface area contributed by atoms with Gasteiger partial charge in [-0.2, -0.15) is 0 Å². The van der Waals surface area contributed by atoms with E-state index in [1.165, 1.54) is 12.1 Å². The Morgan fingerprint density at radius 3 is 2.63 bits per heavy atom. The molecule has 2 N–H and O–H groups in total. The van der Waals surface area contributed by atoms with Crippen molar-refractivity contribution in [1.29, 1.82) is 0 Å². The smallest absolute Gasteiger partial charge is 0.151 e. The van der Waals surface area contributed by atoms with Gasteiger partial charge >= 0.3 is 0 Å². The van der Waals surface area contributed by atoms with E-state index in [0.29, 0.717) is 16.0 Å². The monoisotopic (exact) mass is 324 g/mol. The van der Waals surface area contributed by atoms with Crippen molar-refractivity contribution in [2.24, 2.45) is 0 Å². The third-order valence-corrected chi connectivity index (χ3v) is 3.22. The van der Waals surface area contributed by atoms with Crippen molar-refractivity contribution >= 4 is 27.3 Å². The van der Waals surface area contributed by atoms with Gasteiger partial charge in [-0.3, -0.25) is 0 Å². The molecule has 5 heteroatoms. The van der Waals surface area contributed by atoms with E-state index in [1.54, 1.807) is 0 Å². The van der Waals surface area contributed by atoms with Gasteiger partial charge in [-0.25, -0.2) is 4.39 Å². The second kappa shape index (κ2) is 5.48. The molecule has 100 valence electrons. The maximum Gasteiger partial charge on any atom is 0.151 e. The minimum Gasteiger partial charge on any atom is -0.455 e. The third-order valence-electron chi connectivity index (χ3n) is 2.61. The molecule has 2 rings (SSSR count). The summed E-state index contributed by atoms with van der Waals surface area (Å²) in [7, 11) is 3.89. The second-order valence-corrected chi connectivity index (χ2v) is 5.15. The van der Waals surface area contributed by atoms with Crippen LogP contribution in [0.4, 0.5) is 15.8 Å². The zero-order valence-electron chi connectivity index (χ0n) is 10.7. The summed E-state index contributed by atoms with van der Waals surface area (Å²) in [5.74, 6) is 0.660. The fourth-order valence-electron chi connectivity index (χ4n) is 1.58. The number of hydrogen-bond acceptors (Lipinski definition) is 3. The van der Waals surface area contributed by atoms with E-state index in [1.807, 2.05) is 43.3 Å². The topological polar surface area (TPSA) is 38.5 Å². The van der Waals surface area contributed by atoms with E-state index in [0.717, 1.165) is 5.69 Å². The Balaban J connectivity index is 2.31. The molecule has 0 unspecified atom stereocenters. The van der Waals surface area contributed by atoms with E-state index < -0.39 is 5.82 Å². The molecule has 0 bridgehead atoms. The average molecular weight is 325 g/mol. The van der Waals surface area contributed by atoms with Gasteiger partial charge < -0.3 is 15.4 Å². The molecule has 19 heavy (non-hydrogen) atoms. The van der Waals surface area contributed by atoms with Crippen molar-refractivity contribution in [2.45, 2.75) is 0 Å². The zero-order chi connectivity index (χ0) is 14.0. The number of benzene rings is 2. The van der Waals surface area contributed by atoms with Crippen LogP contribution in [0.1, 0.15) is 0 Å². The first kappa shape index (κ1) is 13.7. The van der Waals surface area contributed by atoms with Gasteiger partial charge in [-0.05, 0) is 28.1 Å². The number of nitrogen functional groups attached to an aromatic ring is 1. The van der Waals surface area contributed by atoms with Crippen molar-refractivity contribution in [3.63, 3.8) is 0 Å².